The van der Waals surface area contributed by atoms with Crippen molar-refractivity contribution in [3.8, 4) is 0 Å². The van der Waals surface area contributed by atoms with Gasteiger partial charge in [0, 0.05) is 14.7 Å². The molecule has 0 amide bonds. The van der Waals surface area contributed by atoms with Gasteiger partial charge in [-0.2, -0.15) is 4.98 Å². The molecule has 0 fully saturated rings. The van der Waals surface area contributed by atoms with E-state index in [9.17, 15) is 0 Å². The molecule has 0 aliphatic heterocycles. The third-order valence-electron chi connectivity index (χ3n) is 2.62. The second kappa shape index (κ2) is 5.74. The molecule has 8 heteroatoms. The van der Waals surface area contributed by atoms with Crippen molar-refractivity contribution >= 4 is 42.4 Å². The average Bonchev–Trinajstić information content (AvgIpc) is 2.66. The molecule has 0 N–H and O–H groups in total. The van der Waals surface area contributed by atoms with Crippen molar-refractivity contribution in [1.29, 1.82) is 0 Å². The number of fused-ring (bicyclic) bond motifs is 1. The summed E-state index contributed by atoms with van der Waals surface area (Å²) in [6.45, 7) is 8.08. The molecule has 0 spiro atoms. The van der Waals surface area contributed by atoms with Gasteiger partial charge in [0.2, 0.25) is 5.28 Å². The van der Waals surface area contributed by atoms with Crippen LogP contribution in [-0.2, 0) is 11.5 Å². The molecule has 0 bridgehead atoms. The Kier molecular flexibility index (Phi) is 4.45. The number of nitrogens with zero attached hydrogens (tertiary/aromatic N) is 4. The van der Waals surface area contributed by atoms with Crippen LogP contribution in [0.3, 0.4) is 0 Å². The van der Waals surface area contributed by atoms with Gasteiger partial charge in [-0.3, -0.25) is 4.57 Å². The van der Waals surface area contributed by atoms with E-state index in [-0.39, 0.29) is 10.4 Å². The van der Waals surface area contributed by atoms with E-state index in [1.165, 1.54) is 0 Å². The Balaban J connectivity index is 2.05. The van der Waals surface area contributed by atoms with Crippen LogP contribution in [-0.4, -0.2) is 34.2 Å². The summed E-state index contributed by atoms with van der Waals surface area (Å²) < 4.78 is 7.43. The Morgan fingerprint density at radius 3 is 2.68 bits per heavy atom. The summed E-state index contributed by atoms with van der Waals surface area (Å²) >= 11 is 11.7. The first-order valence-electron chi connectivity index (χ1n) is 5.98. The fourth-order valence-electron chi connectivity index (χ4n) is 1.52. The summed E-state index contributed by atoms with van der Waals surface area (Å²) in [6, 6.07) is 1.12. The smallest absolute Gasteiger partial charge is 0.225 e. The van der Waals surface area contributed by atoms with Gasteiger partial charge in [0.1, 0.15) is 12.2 Å². The first kappa shape index (κ1) is 14.7. The number of rotatable bonds is 5. The quantitative estimate of drug-likeness (QED) is 0.367. The Labute approximate surface area is 122 Å². The highest BCUT2D eigenvalue weighted by Crippen LogP contribution is 2.20. The lowest BCUT2D eigenvalue weighted by molar-refractivity contribution is 0.0895. The fourth-order valence-corrected chi connectivity index (χ4v) is 2.70. The first-order valence-corrected chi connectivity index (χ1v) is 10.4. The minimum Gasteiger partial charge on any atom is -0.361 e. The predicted octanol–water partition coefficient (Wildman–Crippen LogP) is 3.45. The fraction of sp³-hybridized carbons (Fsp3) is 0.545. The Bertz CT molecular complexity index is 582. The van der Waals surface area contributed by atoms with E-state index in [1.54, 1.807) is 10.9 Å². The molecule has 0 atom stereocenters. The van der Waals surface area contributed by atoms with Gasteiger partial charge >= 0.3 is 0 Å². The number of ether oxygens (including phenoxy) is 1. The van der Waals surface area contributed by atoms with Gasteiger partial charge in [-0.05, 0) is 17.6 Å². The second-order valence-corrected chi connectivity index (χ2v) is 11.8. The second-order valence-electron chi connectivity index (χ2n) is 5.52. The number of hydrogen-bond acceptors (Lipinski definition) is 4. The number of hydrogen-bond donors (Lipinski definition) is 0. The van der Waals surface area contributed by atoms with Crippen molar-refractivity contribution in [1.82, 2.24) is 19.5 Å². The Morgan fingerprint density at radius 1 is 1.26 bits per heavy atom. The minimum absolute atomic E-state index is 0.112. The molecule has 2 aromatic heterocycles. The molecule has 0 aliphatic carbocycles. The standard InChI is InChI=1S/C11H16Cl2N4OSi/c1-19(2,3)5-4-18-7-17-6-14-8-9(12)15-11(13)16-10(8)17/h6H,4-5,7H2,1-3H3. The maximum Gasteiger partial charge on any atom is 0.225 e. The molecular formula is C11H16Cl2N4OSi. The SMILES string of the molecule is C[Si](C)(C)CCOCn1cnc2c(Cl)nc(Cl)nc21. The van der Waals surface area contributed by atoms with E-state index in [0.717, 1.165) is 12.7 Å². The normalized spacial score (nSPS) is 12.3. The molecule has 0 unspecified atom stereocenters. The molecule has 2 heterocycles. The lowest BCUT2D eigenvalue weighted by atomic mass is 10.5. The van der Waals surface area contributed by atoms with Gasteiger partial charge < -0.3 is 4.74 Å². The summed E-state index contributed by atoms with van der Waals surface area (Å²) in [4.78, 5) is 12.1. The largest absolute Gasteiger partial charge is 0.361 e. The van der Waals surface area contributed by atoms with Gasteiger partial charge in [0.15, 0.2) is 10.8 Å². The highest BCUT2D eigenvalue weighted by Gasteiger charge is 2.13. The van der Waals surface area contributed by atoms with Crippen molar-refractivity contribution in [3.63, 3.8) is 0 Å². The molecule has 0 aromatic carbocycles. The summed E-state index contributed by atoms with van der Waals surface area (Å²) in [5, 5.41) is 0.372. The van der Waals surface area contributed by atoms with Crippen molar-refractivity contribution in [2.45, 2.75) is 32.4 Å². The summed E-state index contributed by atoms with van der Waals surface area (Å²) in [5.74, 6) is 0. The summed E-state index contributed by atoms with van der Waals surface area (Å²) in [5.41, 5.74) is 1.14. The van der Waals surface area contributed by atoms with Gasteiger partial charge in [0.25, 0.3) is 0 Å². The number of imidazole rings is 1. The van der Waals surface area contributed by atoms with Crippen molar-refractivity contribution < 1.29 is 4.74 Å². The monoisotopic (exact) mass is 318 g/mol. The van der Waals surface area contributed by atoms with Crippen LogP contribution in [0.1, 0.15) is 0 Å². The summed E-state index contributed by atoms with van der Waals surface area (Å²) in [7, 11) is -1.07. The Morgan fingerprint density at radius 2 is 2.00 bits per heavy atom. The molecule has 0 saturated heterocycles. The topological polar surface area (TPSA) is 52.8 Å². The van der Waals surface area contributed by atoms with Crippen LogP contribution in [0.4, 0.5) is 0 Å². The molecule has 0 saturated carbocycles. The van der Waals surface area contributed by atoms with Crippen LogP contribution in [0.5, 0.6) is 0 Å². The van der Waals surface area contributed by atoms with Crippen LogP contribution < -0.4 is 0 Å². The zero-order chi connectivity index (χ0) is 14.0. The van der Waals surface area contributed by atoms with Crippen LogP contribution >= 0.6 is 23.2 Å². The van der Waals surface area contributed by atoms with Crippen LogP contribution in [0.2, 0.25) is 36.1 Å². The maximum absolute atomic E-state index is 5.95. The van der Waals surface area contributed by atoms with Crippen molar-refractivity contribution in [3.05, 3.63) is 16.8 Å². The van der Waals surface area contributed by atoms with Gasteiger partial charge in [0.05, 0.1) is 6.33 Å². The lowest BCUT2D eigenvalue weighted by Gasteiger charge is -2.15. The third-order valence-corrected chi connectivity index (χ3v) is 4.76. The number of aromatic nitrogens is 4. The van der Waals surface area contributed by atoms with Crippen LogP contribution in [0.15, 0.2) is 6.33 Å². The molecule has 5 nitrogen and oxygen atoms in total. The highest BCUT2D eigenvalue weighted by atomic mass is 35.5. The lowest BCUT2D eigenvalue weighted by Crippen LogP contribution is -2.22. The molecule has 0 radical (unpaired) electrons. The van der Waals surface area contributed by atoms with E-state index < -0.39 is 8.07 Å². The first-order chi connectivity index (χ1) is 8.87. The zero-order valence-corrected chi connectivity index (χ0v) is 13.7. The van der Waals surface area contributed by atoms with E-state index in [1.807, 2.05) is 0 Å². The molecule has 104 valence electrons. The highest BCUT2D eigenvalue weighted by molar-refractivity contribution is 6.76. The molecule has 19 heavy (non-hydrogen) atoms. The van der Waals surface area contributed by atoms with E-state index in [2.05, 4.69) is 34.6 Å². The van der Waals surface area contributed by atoms with E-state index in [4.69, 9.17) is 27.9 Å². The molecule has 2 aromatic rings. The minimum atomic E-state index is -1.07. The third kappa shape index (κ3) is 3.89. The zero-order valence-electron chi connectivity index (χ0n) is 11.2. The van der Waals surface area contributed by atoms with E-state index in [0.29, 0.717) is 17.9 Å². The van der Waals surface area contributed by atoms with Crippen molar-refractivity contribution in [2.75, 3.05) is 6.61 Å². The van der Waals surface area contributed by atoms with Crippen molar-refractivity contribution in [2.24, 2.45) is 0 Å². The molecular weight excluding hydrogens is 303 g/mol. The predicted molar refractivity (Wildman–Crippen MR) is 79.4 cm³/mol. The van der Waals surface area contributed by atoms with Crippen LogP contribution in [0, 0.1) is 0 Å². The number of halogens is 2. The average molecular weight is 319 g/mol. The van der Waals surface area contributed by atoms with Gasteiger partial charge in [-0.1, -0.05) is 31.2 Å². The summed E-state index contributed by atoms with van der Waals surface area (Å²) in [6.07, 6.45) is 1.63. The van der Waals surface area contributed by atoms with Gasteiger partial charge in [-0.25, -0.2) is 9.97 Å². The Hall–Kier alpha value is -0.693. The molecule has 2 rings (SSSR count). The van der Waals surface area contributed by atoms with Crippen LogP contribution in [0.25, 0.3) is 11.2 Å². The van der Waals surface area contributed by atoms with E-state index >= 15 is 0 Å². The molecule has 0 aliphatic rings. The van der Waals surface area contributed by atoms with Gasteiger partial charge in [-0.15, -0.1) is 0 Å². The maximum atomic E-state index is 5.95.